The van der Waals surface area contributed by atoms with E-state index in [4.69, 9.17) is 4.74 Å². The predicted molar refractivity (Wildman–Crippen MR) is 102 cm³/mol. The minimum atomic E-state index is -0.558. The van der Waals surface area contributed by atoms with E-state index in [1.165, 1.54) is 0 Å². The van der Waals surface area contributed by atoms with Gasteiger partial charge in [-0.25, -0.2) is 0 Å². The Hall–Kier alpha value is -2.82. The molecule has 2 aromatic carbocycles. The Morgan fingerprint density at radius 3 is 2.42 bits per heavy atom. The Morgan fingerprint density at radius 1 is 1.08 bits per heavy atom. The quantitative estimate of drug-likeness (QED) is 0.793. The second kappa shape index (κ2) is 9.61. The van der Waals surface area contributed by atoms with Crippen LogP contribution in [0.1, 0.15) is 25.0 Å². The average Bonchev–Trinajstić information content (AvgIpc) is 2.66. The number of carbonyl (C=O) groups is 2. The third kappa shape index (κ3) is 5.34. The molecule has 0 saturated heterocycles. The van der Waals surface area contributed by atoms with E-state index >= 15 is 0 Å². The molecular formula is C21H26N2O3. The summed E-state index contributed by atoms with van der Waals surface area (Å²) in [6.07, 6.45) is 0.258. The first kappa shape index (κ1) is 19.5. The van der Waals surface area contributed by atoms with Gasteiger partial charge in [-0.2, -0.15) is 0 Å². The molecule has 138 valence electrons. The van der Waals surface area contributed by atoms with Crippen LogP contribution in [0.5, 0.6) is 5.75 Å². The molecule has 0 aromatic heterocycles. The van der Waals surface area contributed by atoms with Crippen molar-refractivity contribution in [3.8, 4) is 5.75 Å². The van der Waals surface area contributed by atoms with E-state index in [2.05, 4.69) is 5.32 Å². The molecule has 0 fully saturated rings. The van der Waals surface area contributed by atoms with Gasteiger partial charge in [-0.15, -0.1) is 0 Å². The molecule has 5 heteroatoms. The number of carbonyl (C=O) groups excluding carboxylic acids is 2. The van der Waals surface area contributed by atoms with Crippen LogP contribution in [-0.4, -0.2) is 36.4 Å². The van der Waals surface area contributed by atoms with Crippen LogP contribution in [0.4, 0.5) is 0 Å². The molecule has 26 heavy (non-hydrogen) atoms. The van der Waals surface area contributed by atoms with Crippen LogP contribution >= 0.6 is 0 Å². The van der Waals surface area contributed by atoms with Crippen molar-refractivity contribution < 1.29 is 14.3 Å². The van der Waals surface area contributed by atoms with Gasteiger partial charge in [0, 0.05) is 13.1 Å². The molecule has 2 aromatic rings. The molecule has 0 heterocycles. The highest BCUT2D eigenvalue weighted by Gasteiger charge is 2.25. The van der Waals surface area contributed by atoms with E-state index in [9.17, 15) is 9.59 Å². The summed E-state index contributed by atoms with van der Waals surface area (Å²) in [5, 5.41) is 2.80. The fourth-order valence-electron chi connectivity index (χ4n) is 2.74. The van der Waals surface area contributed by atoms with E-state index in [1.807, 2.05) is 61.5 Å². The molecule has 0 saturated carbocycles. The number of ether oxygens (including phenoxy) is 1. The van der Waals surface area contributed by atoms with E-state index in [-0.39, 0.29) is 18.2 Å². The van der Waals surface area contributed by atoms with Crippen molar-refractivity contribution in [1.82, 2.24) is 10.2 Å². The monoisotopic (exact) mass is 354 g/mol. The van der Waals surface area contributed by atoms with Gasteiger partial charge >= 0.3 is 0 Å². The fraction of sp³-hybridized carbons (Fsp3) is 0.333. The van der Waals surface area contributed by atoms with Crippen molar-refractivity contribution >= 4 is 11.8 Å². The van der Waals surface area contributed by atoms with E-state index in [0.29, 0.717) is 13.1 Å². The van der Waals surface area contributed by atoms with E-state index in [0.717, 1.165) is 16.9 Å². The molecule has 0 aliphatic heterocycles. The number of amides is 2. The third-order valence-corrected chi connectivity index (χ3v) is 4.20. The molecule has 1 unspecified atom stereocenters. The molecule has 2 rings (SSSR count). The number of benzene rings is 2. The SMILES string of the molecule is CCNC(=O)C(C)N(Cc1cccc(OC)c1)C(=O)Cc1ccccc1. The lowest BCUT2D eigenvalue weighted by atomic mass is 10.1. The largest absolute Gasteiger partial charge is 0.497 e. The predicted octanol–water partition coefficient (Wildman–Crippen LogP) is 2.79. The zero-order valence-corrected chi connectivity index (χ0v) is 15.6. The fourth-order valence-corrected chi connectivity index (χ4v) is 2.74. The maximum Gasteiger partial charge on any atom is 0.242 e. The first-order valence-corrected chi connectivity index (χ1v) is 8.79. The van der Waals surface area contributed by atoms with Crippen LogP contribution in [-0.2, 0) is 22.6 Å². The molecule has 0 spiro atoms. The smallest absolute Gasteiger partial charge is 0.242 e. The number of hydrogen-bond donors (Lipinski definition) is 1. The van der Waals surface area contributed by atoms with Gasteiger partial charge in [0.2, 0.25) is 11.8 Å². The third-order valence-electron chi connectivity index (χ3n) is 4.20. The molecule has 5 nitrogen and oxygen atoms in total. The first-order chi connectivity index (χ1) is 12.5. The Labute approximate surface area is 155 Å². The van der Waals surface area contributed by atoms with Crippen LogP contribution < -0.4 is 10.1 Å². The zero-order chi connectivity index (χ0) is 18.9. The molecular weight excluding hydrogens is 328 g/mol. The van der Waals surface area contributed by atoms with Gasteiger partial charge in [-0.05, 0) is 37.1 Å². The molecule has 0 radical (unpaired) electrons. The molecule has 0 aliphatic carbocycles. The summed E-state index contributed by atoms with van der Waals surface area (Å²) in [5.41, 5.74) is 1.85. The number of methoxy groups -OCH3 is 1. The highest BCUT2D eigenvalue weighted by Crippen LogP contribution is 2.17. The van der Waals surface area contributed by atoms with Crippen molar-refractivity contribution in [2.75, 3.05) is 13.7 Å². The number of hydrogen-bond acceptors (Lipinski definition) is 3. The number of rotatable bonds is 8. The standard InChI is InChI=1S/C21H26N2O3/c1-4-22-21(25)16(2)23(15-18-11-8-12-19(13-18)26-3)20(24)14-17-9-6-5-7-10-17/h5-13,16H,4,14-15H2,1-3H3,(H,22,25). The maximum absolute atomic E-state index is 12.9. The highest BCUT2D eigenvalue weighted by atomic mass is 16.5. The second-order valence-electron chi connectivity index (χ2n) is 6.11. The van der Waals surface area contributed by atoms with Gasteiger partial charge in [0.1, 0.15) is 11.8 Å². The molecule has 2 amide bonds. The van der Waals surface area contributed by atoms with Gasteiger partial charge in [0.15, 0.2) is 0 Å². The second-order valence-corrected chi connectivity index (χ2v) is 6.11. The van der Waals surface area contributed by atoms with Crippen LogP contribution in [0.3, 0.4) is 0 Å². The lowest BCUT2D eigenvalue weighted by molar-refractivity contribution is -0.140. The summed E-state index contributed by atoms with van der Waals surface area (Å²) in [6, 6.07) is 16.5. The summed E-state index contributed by atoms with van der Waals surface area (Å²) in [5.74, 6) is 0.484. The van der Waals surface area contributed by atoms with Crippen molar-refractivity contribution in [3.63, 3.8) is 0 Å². The van der Waals surface area contributed by atoms with Crippen molar-refractivity contribution in [3.05, 3.63) is 65.7 Å². The summed E-state index contributed by atoms with van der Waals surface area (Å²) in [6.45, 7) is 4.50. The lowest BCUT2D eigenvalue weighted by Crippen LogP contribution is -2.48. The lowest BCUT2D eigenvalue weighted by Gasteiger charge is -2.29. The molecule has 1 N–H and O–H groups in total. The van der Waals surface area contributed by atoms with Gasteiger partial charge in [-0.3, -0.25) is 9.59 Å². The van der Waals surface area contributed by atoms with E-state index < -0.39 is 6.04 Å². The number of nitrogens with zero attached hydrogens (tertiary/aromatic N) is 1. The van der Waals surface area contributed by atoms with Crippen LogP contribution in [0.25, 0.3) is 0 Å². The average molecular weight is 354 g/mol. The summed E-state index contributed by atoms with van der Waals surface area (Å²) < 4.78 is 5.26. The topological polar surface area (TPSA) is 58.6 Å². The van der Waals surface area contributed by atoms with Gasteiger partial charge in [0.25, 0.3) is 0 Å². The highest BCUT2D eigenvalue weighted by molar-refractivity contribution is 5.88. The zero-order valence-electron chi connectivity index (χ0n) is 15.6. The Morgan fingerprint density at radius 2 is 1.77 bits per heavy atom. The van der Waals surface area contributed by atoms with Crippen molar-refractivity contribution in [2.45, 2.75) is 32.9 Å². The number of nitrogens with one attached hydrogen (secondary N) is 1. The van der Waals surface area contributed by atoms with E-state index in [1.54, 1.807) is 18.9 Å². The number of likely N-dealkylation sites (N-methyl/N-ethyl adjacent to an activating group) is 1. The minimum Gasteiger partial charge on any atom is -0.497 e. The minimum absolute atomic E-state index is 0.0854. The van der Waals surface area contributed by atoms with Crippen LogP contribution in [0.2, 0.25) is 0 Å². The summed E-state index contributed by atoms with van der Waals surface area (Å²) >= 11 is 0. The molecule has 1 atom stereocenters. The van der Waals surface area contributed by atoms with Gasteiger partial charge in [0.05, 0.1) is 13.5 Å². The van der Waals surface area contributed by atoms with Crippen molar-refractivity contribution in [1.29, 1.82) is 0 Å². The van der Waals surface area contributed by atoms with Crippen LogP contribution in [0, 0.1) is 0 Å². The van der Waals surface area contributed by atoms with Crippen LogP contribution in [0.15, 0.2) is 54.6 Å². The Bertz CT molecular complexity index is 731. The molecule has 0 aliphatic rings. The normalized spacial score (nSPS) is 11.5. The maximum atomic E-state index is 12.9. The molecule has 0 bridgehead atoms. The summed E-state index contributed by atoms with van der Waals surface area (Å²) in [4.78, 5) is 26.9. The Balaban J connectivity index is 2.22. The van der Waals surface area contributed by atoms with Gasteiger partial charge < -0.3 is 15.0 Å². The summed E-state index contributed by atoms with van der Waals surface area (Å²) in [7, 11) is 1.61. The van der Waals surface area contributed by atoms with Gasteiger partial charge in [-0.1, -0.05) is 42.5 Å². The first-order valence-electron chi connectivity index (χ1n) is 8.79. The Kier molecular flexibility index (Phi) is 7.21. The van der Waals surface area contributed by atoms with Crippen molar-refractivity contribution in [2.24, 2.45) is 0 Å².